The zero-order valence-electron chi connectivity index (χ0n) is 11.6. The van der Waals surface area contributed by atoms with E-state index in [1.54, 1.807) is 48.8 Å². The molecule has 0 unspecified atom stereocenters. The molecule has 2 rings (SSSR count). The molecule has 0 aromatic heterocycles. The number of aromatic hydroxyl groups is 2. The maximum Gasteiger partial charge on any atom is 0.124 e. The minimum atomic E-state index is 0. The molecule has 0 aliphatic heterocycles. The number of hydrogen-bond donors (Lipinski definition) is 2. The summed E-state index contributed by atoms with van der Waals surface area (Å²) in [5, 5.41) is 19.1. The number of rotatable bonds is 5. The Labute approximate surface area is 149 Å². The summed E-state index contributed by atoms with van der Waals surface area (Å²) in [5.41, 5.74) is 1.38. The number of nitrogens with zero attached hydrogens (tertiary/aromatic N) is 2. The summed E-state index contributed by atoms with van der Waals surface area (Å²) < 4.78 is 0. The van der Waals surface area contributed by atoms with Crippen LogP contribution in [0.3, 0.4) is 0 Å². The van der Waals surface area contributed by atoms with Crippen LogP contribution in [0.2, 0.25) is 0 Å². The molecule has 5 heteroatoms. The van der Waals surface area contributed by atoms with E-state index in [-0.39, 0.29) is 44.2 Å². The second-order valence-corrected chi connectivity index (χ2v) is 4.19. The number of phenolic OH excluding ortho intramolecular Hbond substituents is 2. The summed E-state index contributed by atoms with van der Waals surface area (Å²) in [6.45, 7) is 1.05. The maximum atomic E-state index is 9.54. The summed E-state index contributed by atoms with van der Waals surface area (Å²) in [6.07, 6.45) is 3.26. The standard InChI is InChI=1S/C16H16N2O2.Y/c19-15-7-3-1-5-13(15)11-17-9-10-18-12-14-6-2-4-8-16(14)20;/h1-8,11-12,19-20H,9-10H2;/b17-11+,18-12+;. The van der Waals surface area contributed by atoms with E-state index in [9.17, 15) is 10.2 Å². The van der Waals surface area contributed by atoms with E-state index in [0.717, 1.165) is 0 Å². The molecule has 105 valence electrons. The van der Waals surface area contributed by atoms with Crippen LogP contribution in [0.4, 0.5) is 0 Å². The minimum Gasteiger partial charge on any atom is -0.507 e. The molecule has 1 radical (unpaired) electrons. The third kappa shape index (κ3) is 5.78. The smallest absolute Gasteiger partial charge is 0.124 e. The van der Waals surface area contributed by atoms with Crippen molar-refractivity contribution in [3.8, 4) is 11.5 Å². The Morgan fingerprint density at radius 1 is 0.714 bits per heavy atom. The molecular formula is C16H16N2O2Y. The van der Waals surface area contributed by atoms with Gasteiger partial charge in [-0.3, -0.25) is 9.98 Å². The fraction of sp³-hybridized carbons (Fsp3) is 0.125. The normalized spacial score (nSPS) is 10.9. The van der Waals surface area contributed by atoms with Crippen molar-refractivity contribution in [1.29, 1.82) is 0 Å². The third-order valence-corrected chi connectivity index (χ3v) is 2.69. The van der Waals surface area contributed by atoms with Crippen molar-refractivity contribution in [2.24, 2.45) is 9.98 Å². The van der Waals surface area contributed by atoms with Gasteiger partial charge in [0.15, 0.2) is 0 Å². The van der Waals surface area contributed by atoms with Gasteiger partial charge in [-0.05, 0) is 24.3 Å². The number of benzene rings is 2. The molecule has 0 aliphatic carbocycles. The van der Waals surface area contributed by atoms with Crippen LogP contribution < -0.4 is 0 Å². The molecular weight excluding hydrogens is 341 g/mol. The average molecular weight is 357 g/mol. The predicted molar refractivity (Wildman–Crippen MR) is 81.1 cm³/mol. The van der Waals surface area contributed by atoms with Crippen molar-refractivity contribution in [3.63, 3.8) is 0 Å². The van der Waals surface area contributed by atoms with E-state index < -0.39 is 0 Å². The van der Waals surface area contributed by atoms with Crippen LogP contribution in [0.25, 0.3) is 0 Å². The fourth-order valence-corrected chi connectivity index (χ4v) is 1.63. The van der Waals surface area contributed by atoms with Gasteiger partial charge in [0, 0.05) is 56.3 Å². The number of aliphatic imine (C=N–C) groups is 2. The van der Waals surface area contributed by atoms with Crippen LogP contribution >= 0.6 is 0 Å². The topological polar surface area (TPSA) is 65.2 Å². The molecule has 2 aromatic rings. The Kier molecular flexibility index (Phi) is 7.87. The molecule has 0 heterocycles. The quantitative estimate of drug-likeness (QED) is 0.638. The molecule has 2 aromatic carbocycles. The SMILES string of the molecule is Oc1ccccc1/C=N/CC/N=C/c1ccccc1O.[Y]. The van der Waals surface area contributed by atoms with E-state index in [2.05, 4.69) is 9.98 Å². The van der Waals surface area contributed by atoms with Crippen LogP contribution in [0.1, 0.15) is 11.1 Å². The van der Waals surface area contributed by atoms with Crippen molar-refractivity contribution in [3.05, 3.63) is 59.7 Å². The fourth-order valence-electron chi connectivity index (χ4n) is 1.63. The second kappa shape index (κ2) is 9.43. The van der Waals surface area contributed by atoms with Gasteiger partial charge in [-0.1, -0.05) is 24.3 Å². The van der Waals surface area contributed by atoms with E-state index in [1.807, 2.05) is 12.1 Å². The molecule has 0 saturated heterocycles. The molecule has 21 heavy (non-hydrogen) atoms. The van der Waals surface area contributed by atoms with Gasteiger partial charge >= 0.3 is 0 Å². The molecule has 0 bridgehead atoms. The van der Waals surface area contributed by atoms with Crippen LogP contribution in [-0.4, -0.2) is 35.7 Å². The second-order valence-electron chi connectivity index (χ2n) is 4.19. The van der Waals surface area contributed by atoms with Crippen LogP contribution in [0, 0.1) is 0 Å². The van der Waals surface area contributed by atoms with Crippen molar-refractivity contribution < 1.29 is 42.9 Å². The van der Waals surface area contributed by atoms with Gasteiger partial charge in [0.1, 0.15) is 11.5 Å². The largest absolute Gasteiger partial charge is 0.507 e. The van der Waals surface area contributed by atoms with E-state index in [4.69, 9.17) is 0 Å². The summed E-state index contributed by atoms with van der Waals surface area (Å²) in [5.74, 6) is 0.433. The van der Waals surface area contributed by atoms with E-state index in [0.29, 0.717) is 24.2 Å². The van der Waals surface area contributed by atoms with E-state index in [1.165, 1.54) is 0 Å². The van der Waals surface area contributed by atoms with Gasteiger partial charge < -0.3 is 10.2 Å². The summed E-state index contributed by atoms with van der Waals surface area (Å²) in [4.78, 5) is 8.39. The molecule has 0 amide bonds. The Balaban J connectivity index is 0.00000220. The Morgan fingerprint density at radius 3 is 1.48 bits per heavy atom. The average Bonchev–Trinajstić information content (AvgIpc) is 2.46. The first-order valence-electron chi connectivity index (χ1n) is 6.33. The molecule has 0 spiro atoms. The van der Waals surface area contributed by atoms with Crippen LogP contribution in [0.15, 0.2) is 58.5 Å². The van der Waals surface area contributed by atoms with Crippen molar-refractivity contribution in [2.45, 2.75) is 0 Å². The zero-order chi connectivity index (χ0) is 14.2. The molecule has 4 nitrogen and oxygen atoms in total. The van der Waals surface area contributed by atoms with Gasteiger partial charge in [0.2, 0.25) is 0 Å². The van der Waals surface area contributed by atoms with Gasteiger partial charge in [0.25, 0.3) is 0 Å². The maximum absolute atomic E-state index is 9.54. The molecule has 0 atom stereocenters. The number of hydrogen-bond acceptors (Lipinski definition) is 4. The third-order valence-electron chi connectivity index (χ3n) is 2.69. The van der Waals surface area contributed by atoms with Crippen molar-refractivity contribution in [2.75, 3.05) is 13.1 Å². The van der Waals surface area contributed by atoms with Gasteiger partial charge in [0.05, 0.1) is 13.1 Å². The number of para-hydroxylation sites is 2. The molecule has 0 aliphatic rings. The predicted octanol–water partition coefficient (Wildman–Crippen LogP) is 2.63. The molecule has 0 fully saturated rings. The molecule has 0 saturated carbocycles. The first-order valence-corrected chi connectivity index (χ1v) is 6.33. The monoisotopic (exact) mass is 357 g/mol. The van der Waals surface area contributed by atoms with Gasteiger partial charge in [-0.15, -0.1) is 0 Å². The van der Waals surface area contributed by atoms with Gasteiger partial charge in [-0.2, -0.15) is 0 Å². The zero-order valence-corrected chi connectivity index (χ0v) is 14.4. The molecule has 2 N–H and O–H groups in total. The number of phenols is 2. The van der Waals surface area contributed by atoms with Gasteiger partial charge in [-0.25, -0.2) is 0 Å². The van der Waals surface area contributed by atoms with Crippen LogP contribution in [0.5, 0.6) is 11.5 Å². The summed E-state index contributed by atoms with van der Waals surface area (Å²) in [7, 11) is 0. The summed E-state index contributed by atoms with van der Waals surface area (Å²) in [6, 6.07) is 14.1. The van der Waals surface area contributed by atoms with Crippen molar-refractivity contribution >= 4 is 12.4 Å². The van der Waals surface area contributed by atoms with E-state index >= 15 is 0 Å². The summed E-state index contributed by atoms with van der Waals surface area (Å²) >= 11 is 0. The van der Waals surface area contributed by atoms with Crippen molar-refractivity contribution in [1.82, 2.24) is 0 Å². The Bertz CT molecular complexity index is 572. The first kappa shape index (κ1) is 17.5. The Morgan fingerprint density at radius 2 is 1.10 bits per heavy atom. The van der Waals surface area contributed by atoms with Crippen LogP contribution in [-0.2, 0) is 32.7 Å². The minimum absolute atomic E-state index is 0. The Hall–Kier alpha value is -1.52. The first-order chi connectivity index (χ1) is 9.77.